The Balaban J connectivity index is 2.95. The first-order chi connectivity index (χ1) is 4.31. The lowest BCUT2D eigenvalue weighted by atomic mass is 10.3. The van der Waals surface area contributed by atoms with Crippen LogP contribution in [0.5, 0.6) is 0 Å². The molecule has 0 spiro atoms. The molecule has 0 aliphatic carbocycles. The summed E-state index contributed by atoms with van der Waals surface area (Å²) in [6, 6.07) is 0. The van der Waals surface area contributed by atoms with E-state index in [1.165, 1.54) is 6.42 Å². The van der Waals surface area contributed by atoms with E-state index >= 15 is 0 Å². The van der Waals surface area contributed by atoms with Gasteiger partial charge in [-0.3, -0.25) is 0 Å². The van der Waals surface area contributed by atoms with Crippen LogP contribution >= 0.6 is 0 Å². The van der Waals surface area contributed by atoms with Gasteiger partial charge in [0.05, 0.1) is 0 Å². The fourth-order valence-electron chi connectivity index (χ4n) is 0.621. The van der Waals surface area contributed by atoms with Crippen molar-refractivity contribution >= 4 is 9.76 Å². The first-order valence-electron chi connectivity index (χ1n) is 3.51. The SMILES string of the molecule is CCCC(N)[SiH]OCC. The molecule has 2 N–H and O–H groups in total. The molecular weight excluding hydrogens is 130 g/mol. The molecule has 0 aromatic rings. The average molecular weight is 146 g/mol. The van der Waals surface area contributed by atoms with Crippen molar-refractivity contribution in [2.24, 2.45) is 5.73 Å². The molecule has 0 aliphatic rings. The molecule has 0 bridgehead atoms. The number of hydrogen-bond acceptors (Lipinski definition) is 2. The highest BCUT2D eigenvalue weighted by molar-refractivity contribution is 6.29. The van der Waals surface area contributed by atoms with E-state index in [0.717, 1.165) is 13.0 Å². The molecular formula is C6H16NOSi. The topological polar surface area (TPSA) is 35.2 Å². The van der Waals surface area contributed by atoms with Gasteiger partial charge < -0.3 is 10.2 Å². The summed E-state index contributed by atoms with van der Waals surface area (Å²) in [7, 11) is 0.0465. The van der Waals surface area contributed by atoms with Crippen molar-refractivity contribution in [2.45, 2.75) is 32.4 Å². The minimum atomic E-state index is 0.0465. The number of rotatable bonds is 5. The fraction of sp³-hybridized carbons (Fsp3) is 1.00. The first-order valence-corrected chi connectivity index (χ1v) is 4.65. The lowest BCUT2D eigenvalue weighted by molar-refractivity contribution is 0.351. The van der Waals surface area contributed by atoms with Crippen LogP contribution in [-0.2, 0) is 4.43 Å². The third-order valence-electron chi connectivity index (χ3n) is 1.06. The maximum atomic E-state index is 5.68. The van der Waals surface area contributed by atoms with Crippen molar-refractivity contribution in [3.63, 3.8) is 0 Å². The maximum absolute atomic E-state index is 5.68. The van der Waals surface area contributed by atoms with Gasteiger partial charge >= 0.3 is 0 Å². The van der Waals surface area contributed by atoms with E-state index in [1.54, 1.807) is 0 Å². The molecule has 0 heterocycles. The molecule has 0 aromatic carbocycles. The third-order valence-corrected chi connectivity index (χ3v) is 2.27. The van der Waals surface area contributed by atoms with Gasteiger partial charge in [0.2, 0.25) is 9.76 Å². The second-order valence-corrected chi connectivity index (χ2v) is 3.51. The molecule has 0 aromatic heterocycles. The van der Waals surface area contributed by atoms with Gasteiger partial charge in [-0.2, -0.15) is 0 Å². The van der Waals surface area contributed by atoms with E-state index in [-0.39, 0.29) is 9.76 Å². The van der Waals surface area contributed by atoms with Crippen LogP contribution in [0.15, 0.2) is 0 Å². The van der Waals surface area contributed by atoms with Crippen LogP contribution in [0.3, 0.4) is 0 Å². The Morgan fingerprint density at radius 3 is 2.67 bits per heavy atom. The molecule has 3 heteroatoms. The zero-order valence-corrected chi connectivity index (χ0v) is 7.42. The normalized spacial score (nSPS) is 13.7. The lowest BCUT2D eigenvalue weighted by Gasteiger charge is -2.06. The largest absolute Gasteiger partial charge is 0.420 e. The summed E-state index contributed by atoms with van der Waals surface area (Å²) < 4.78 is 5.21. The Labute approximate surface area is 59.7 Å². The highest BCUT2D eigenvalue weighted by atomic mass is 28.2. The van der Waals surface area contributed by atoms with Gasteiger partial charge in [-0.25, -0.2) is 0 Å². The van der Waals surface area contributed by atoms with Crippen molar-refractivity contribution in [1.29, 1.82) is 0 Å². The summed E-state index contributed by atoms with van der Waals surface area (Å²) >= 11 is 0. The van der Waals surface area contributed by atoms with Crippen molar-refractivity contribution in [1.82, 2.24) is 0 Å². The van der Waals surface area contributed by atoms with E-state index in [4.69, 9.17) is 10.2 Å². The Kier molecular flexibility index (Phi) is 6.35. The molecule has 0 amide bonds. The summed E-state index contributed by atoms with van der Waals surface area (Å²) in [6.07, 6.45) is 2.27. The number of nitrogens with two attached hydrogens (primary N) is 1. The Morgan fingerprint density at radius 1 is 1.56 bits per heavy atom. The fourth-order valence-corrected chi connectivity index (χ4v) is 1.53. The summed E-state index contributed by atoms with van der Waals surface area (Å²) in [4.78, 5) is 0. The van der Waals surface area contributed by atoms with Gasteiger partial charge in [-0.15, -0.1) is 0 Å². The molecule has 0 aliphatic heterocycles. The molecule has 1 radical (unpaired) electrons. The molecule has 0 rings (SSSR count). The summed E-state index contributed by atoms with van der Waals surface area (Å²) in [6.45, 7) is 4.96. The van der Waals surface area contributed by atoms with Crippen LogP contribution in [0, 0.1) is 0 Å². The minimum absolute atomic E-state index is 0.0465. The van der Waals surface area contributed by atoms with E-state index in [0.29, 0.717) is 5.67 Å². The van der Waals surface area contributed by atoms with Crippen molar-refractivity contribution in [2.75, 3.05) is 6.61 Å². The van der Waals surface area contributed by atoms with Crippen LogP contribution in [0.25, 0.3) is 0 Å². The van der Waals surface area contributed by atoms with Gasteiger partial charge in [-0.1, -0.05) is 13.3 Å². The quantitative estimate of drug-likeness (QED) is 0.572. The predicted octanol–water partition coefficient (Wildman–Crippen LogP) is 0.459. The smallest absolute Gasteiger partial charge is 0.210 e. The third kappa shape index (κ3) is 6.02. The second kappa shape index (κ2) is 6.26. The summed E-state index contributed by atoms with van der Waals surface area (Å²) in [5, 5.41) is 0. The first kappa shape index (κ1) is 9.14. The lowest BCUT2D eigenvalue weighted by Crippen LogP contribution is -2.29. The molecule has 0 saturated heterocycles. The Hall–Kier alpha value is 0.137. The van der Waals surface area contributed by atoms with Crippen LogP contribution in [0.4, 0.5) is 0 Å². The minimum Gasteiger partial charge on any atom is -0.420 e. The highest BCUT2D eigenvalue weighted by Gasteiger charge is 2.00. The van der Waals surface area contributed by atoms with Crippen LogP contribution in [0.2, 0.25) is 0 Å². The molecule has 1 unspecified atom stereocenters. The Bertz CT molecular complexity index is 61.0. The van der Waals surface area contributed by atoms with Crippen molar-refractivity contribution in [3.8, 4) is 0 Å². The van der Waals surface area contributed by atoms with E-state index < -0.39 is 0 Å². The molecule has 9 heavy (non-hydrogen) atoms. The molecule has 0 saturated carbocycles. The van der Waals surface area contributed by atoms with Crippen molar-refractivity contribution < 1.29 is 4.43 Å². The molecule has 0 fully saturated rings. The standard InChI is InChI=1S/C6H16NOSi/c1-3-5-6(7)9-8-4-2/h6,9H,3-5,7H2,1-2H3. The van der Waals surface area contributed by atoms with E-state index in [9.17, 15) is 0 Å². The highest BCUT2D eigenvalue weighted by Crippen LogP contribution is 1.90. The second-order valence-electron chi connectivity index (χ2n) is 2.04. The average Bonchev–Trinajstić information content (AvgIpc) is 1.85. The number of hydrogen-bond donors (Lipinski definition) is 1. The van der Waals surface area contributed by atoms with E-state index in [1.807, 2.05) is 6.92 Å². The van der Waals surface area contributed by atoms with Crippen LogP contribution in [0.1, 0.15) is 26.7 Å². The maximum Gasteiger partial charge on any atom is 0.210 e. The molecule has 55 valence electrons. The van der Waals surface area contributed by atoms with Crippen molar-refractivity contribution in [3.05, 3.63) is 0 Å². The zero-order valence-electron chi connectivity index (χ0n) is 6.26. The van der Waals surface area contributed by atoms with E-state index in [2.05, 4.69) is 6.92 Å². The monoisotopic (exact) mass is 146 g/mol. The zero-order chi connectivity index (χ0) is 7.11. The van der Waals surface area contributed by atoms with Crippen LogP contribution < -0.4 is 5.73 Å². The van der Waals surface area contributed by atoms with Gasteiger partial charge in [0, 0.05) is 12.3 Å². The Morgan fingerprint density at radius 2 is 2.22 bits per heavy atom. The van der Waals surface area contributed by atoms with Gasteiger partial charge in [-0.05, 0) is 13.3 Å². The summed E-state index contributed by atoms with van der Waals surface area (Å²) in [5.41, 5.74) is 6.01. The van der Waals surface area contributed by atoms with Gasteiger partial charge in [0.15, 0.2) is 0 Å². The van der Waals surface area contributed by atoms with Crippen LogP contribution in [-0.4, -0.2) is 22.0 Å². The van der Waals surface area contributed by atoms with Gasteiger partial charge in [0.25, 0.3) is 0 Å². The molecule has 1 atom stereocenters. The van der Waals surface area contributed by atoms with Gasteiger partial charge in [0.1, 0.15) is 0 Å². The summed E-state index contributed by atoms with van der Waals surface area (Å²) in [5.74, 6) is 0. The molecule has 2 nitrogen and oxygen atoms in total. The predicted molar refractivity (Wildman–Crippen MR) is 41.7 cm³/mol.